The number of rotatable bonds is 4. The molecule has 8 aromatic carbocycles. The number of thiophene rings is 1. The first kappa shape index (κ1) is 31.1. The molecule has 6 heteroatoms. The van der Waals surface area contributed by atoms with E-state index in [2.05, 4.69) is 157 Å². The number of para-hydroxylation sites is 2. The van der Waals surface area contributed by atoms with Crippen molar-refractivity contribution in [1.82, 2.24) is 9.97 Å². The lowest BCUT2D eigenvalue weighted by Crippen LogP contribution is -2.20. The molecule has 0 amide bonds. The third kappa shape index (κ3) is 4.86. The summed E-state index contributed by atoms with van der Waals surface area (Å²) in [4.78, 5) is 12.8. The van der Waals surface area contributed by atoms with Gasteiger partial charge in [-0.05, 0) is 81.6 Å². The Hall–Kier alpha value is -7.28. The summed E-state index contributed by atoms with van der Waals surface area (Å²) in [6.07, 6.45) is 0. The zero-order valence-electron chi connectivity index (χ0n) is 29.8. The third-order valence-corrected chi connectivity index (χ3v) is 12.0. The van der Waals surface area contributed by atoms with Crippen molar-refractivity contribution in [3.63, 3.8) is 0 Å². The van der Waals surface area contributed by atoms with Crippen LogP contribution >= 0.6 is 11.3 Å². The molecule has 0 atom stereocenters. The number of nitrogens with zero attached hydrogens (tertiary/aromatic N) is 3. The van der Waals surface area contributed by atoms with Crippen LogP contribution in [0.3, 0.4) is 0 Å². The summed E-state index contributed by atoms with van der Waals surface area (Å²) >= 11 is 1.75. The molecule has 0 fully saturated rings. The van der Waals surface area contributed by atoms with Gasteiger partial charge in [-0.3, -0.25) is 4.90 Å². The molecule has 10 aromatic rings. The summed E-state index contributed by atoms with van der Waals surface area (Å²) in [7, 11) is 0. The van der Waals surface area contributed by atoms with Gasteiger partial charge >= 0.3 is 0 Å². The molecule has 0 bridgehead atoms. The highest BCUT2D eigenvalue weighted by molar-refractivity contribution is 7.26. The minimum absolute atomic E-state index is 0.691. The molecule has 0 aliphatic carbocycles. The fraction of sp³-hybridized carbons (Fsp3) is 0. The van der Waals surface area contributed by atoms with Crippen LogP contribution in [0.4, 0.5) is 17.1 Å². The summed E-state index contributed by atoms with van der Waals surface area (Å²) in [6.45, 7) is 0. The van der Waals surface area contributed by atoms with Gasteiger partial charge in [0.05, 0.1) is 27.3 Å². The van der Waals surface area contributed by atoms with E-state index in [9.17, 15) is 0 Å². The second-order valence-electron chi connectivity index (χ2n) is 14.2. The maximum atomic E-state index is 6.72. The fourth-order valence-corrected chi connectivity index (χ4v) is 9.28. The number of ether oxygens (including phenoxy) is 2. The predicted molar refractivity (Wildman–Crippen MR) is 229 cm³/mol. The van der Waals surface area contributed by atoms with E-state index in [-0.39, 0.29) is 0 Å². The number of benzene rings is 8. The first-order valence-corrected chi connectivity index (χ1v) is 19.5. The average molecular weight is 736 g/mol. The molecule has 2 aromatic heterocycles. The lowest BCUT2D eigenvalue weighted by molar-refractivity contribution is 0.446. The van der Waals surface area contributed by atoms with E-state index in [0.29, 0.717) is 5.82 Å². The molecule has 2 aliphatic rings. The van der Waals surface area contributed by atoms with Gasteiger partial charge in [0.2, 0.25) is 0 Å². The van der Waals surface area contributed by atoms with E-state index in [1.807, 2.05) is 24.3 Å². The fourth-order valence-electron chi connectivity index (χ4n) is 8.13. The van der Waals surface area contributed by atoms with Crippen molar-refractivity contribution < 1.29 is 9.47 Å². The van der Waals surface area contributed by atoms with Crippen molar-refractivity contribution in [2.45, 2.75) is 0 Å². The lowest BCUT2D eigenvalue weighted by Gasteiger charge is -2.38. The molecule has 0 N–H and O–H groups in total. The van der Waals surface area contributed by atoms with Gasteiger partial charge in [-0.15, -0.1) is 11.3 Å². The summed E-state index contributed by atoms with van der Waals surface area (Å²) in [5, 5.41) is 3.43. The molecular weight excluding hydrogens is 707 g/mol. The first-order chi connectivity index (χ1) is 27.7. The number of anilines is 3. The minimum Gasteiger partial charge on any atom is -0.453 e. The van der Waals surface area contributed by atoms with Gasteiger partial charge in [-0.1, -0.05) is 127 Å². The highest BCUT2D eigenvalue weighted by Crippen LogP contribution is 2.61. The van der Waals surface area contributed by atoms with E-state index in [1.54, 1.807) is 11.3 Å². The van der Waals surface area contributed by atoms with Gasteiger partial charge in [0.15, 0.2) is 28.8 Å². The number of aromatic nitrogens is 2. The molecule has 56 heavy (non-hydrogen) atoms. The van der Waals surface area contributed by atoms with E-state index in [4.69, 9.17) is 19.4 Å². The highest BCUT2D eigenvalue weighted by Gasteiger charge is 2.35. The molecule has 12 rings (SSSR count). The maximum Gasteiger partial charge on any atom is 0.160 e. The Bertz CT molecular complexity index is 3210. The van der Waals surface area contributed by atoms with Crippen LogP contribution in [0.1, 0.15) is 0 Å². The molecule has 0 saturated heterocycles. The molecule has 2 aliphatic heterocycles. The van der Waals surface area contributed by atoms with Crippen molar-refractivity contribution in [3.8, 4) is 67.9 Å². The quantitative estimate of drug-likeness (QED) is 0.180. The van der Waals surface area contributed by atoms with Crippen LogP contribution in [0.2, 0.25) is 0 Å². The Morgan fingerprint density at radius 1 is 0.429 bits per heavy atom. The molecule has 0 unspecified atom stereocenters. The van der Waals surface area contributed by atoms with Crippen molar-refractivity contribution in [2.24, 2.45) is 0 Å². The minimum atomic E-state index is 0.691. The summed E-state index contributed by atoms with van der Waals surface area (Å²) in [6, 6.07) is 61.3. The molecule has 4 heterocycles. The van der Waals surface area contributed by atoms with E-state index in [0.717, 1.165) is 99.9 Å². The average Bonchev–Trinajstić information content (AvgIpc) is 3.64. The summed E-state index contributed by atoms with van der Waals surface area (Å²) in [5.41, 5.74) is 11.2. The summed E-state index contributed by atoms with van der Waals surface area (Å²) < 4.78 is 15.6. The van der Waals surface area contributed by atoms with Crippen LogP contribution in [-0.2, 0) is 0 Å². The van der Waals surface area contributed by atoms with Crippen molar-refractivity contribution in [3.05, 3.63) is 176 Å². The Morgan fingerprint density at radius 2 is 1.09 bits per heavy atom. The molecule has 0 saturated carbocycles. The van der Waals surface area contributed by atoms with Crippen molar-refractivity contribution in [1.29, 1.82) is 0 Å². The van der Waals surface area contributed by atoms with Gasteiger partial charge in [0.25, 0.3) is 0 Å². The molecular formula is C50H29N3O2S. The van der Waals surface area contributed by atoms with Crippen LogP contribution in [0, 0.1) is 0 Å². The zero-order chi connectivity index (χ0) is 36.7. The van der Waals surface area contributed by atoms with Gasteiger partial charge < -0.3 is 9.47 Å². The Morgan fingerprint density at radius 3 is 1.95 bits per heavy atom. The van der Waals surface area contributed by atoms with Gasteiger partial charge in [-0.2, -0.15) is 0 Å². The maximum absolute atomic E-state index is 6.72. The topological polar surface area (TPSA) is 47.5 Å². The Kier molecular flexibility index (Phi) is 6.73. The smallest absolute Gasteiger partial charge is 0.160 e. The van der Waals surface area contributed by atoms with Crippen LogP contribution in [0.25, 0.3) is 76.0 Å². The van der Waals surface area contributed by atoms with Gasteiger partial charge in [0, 0.05) is 21.2 Å². The third-order valence-electron chi connectivity index (χ3n) is 10.8. The largest absolute Gasteiger partial charge is 0.453 e. The Labute approximate surface area is 326 Å². The normalized spacial score (nSPS) is 12.5. The van der Waals surface area contributed by atoms with Crippen LogP contribution in [-0.4, -0.2) is 9.97 Å². The lowest BCUT2D eigenvalue weighted by atomic mass is 9.99. The van der Waals surface area contributed by atoms with Crippen LogP contribution in [0.5, 0.6) is 23.0 Å². The second kappa shape index (κ2) is 12.1. The second-order valence-corrected chi connectivity index (χ2v) is 15.2. The molecule has 0 radical (unpaired) electrons. The van der Waals surface area contributed by atoms with Crippen LogP contribution in [0.15, 0.2) is 176 Å². The molecule has 0 spiro atoms. The van der Waals surface area contributed by atoms with Crippen LogP contribution < -0.4 is 14.4 Å². The first-order valence-electron chi connectivity index (χ1n) is 18.6. The summed E-state index contributed by atoms with van der Waals surface area (Å²) in [5.74, 6) is 3.80. The highest BCUT2D eigenvalue weighted by atomic mass is 32.1. The Balaban J connectivity index is 0.969. The van der Waals surface area contributed by atoms with Gasteiger partial charge in [-0.25, -0.2) is 9.97 Å². The SMILES string of the molecule is c1ccc(-c2cccc(-c3nc(-c4ccc(-c5cc6c7c(c5)Oc5cc8ccccc8cc5N7c5ccccc5O6)cc4)nc4c3sc3ccccc34)c2)cc1. The number of hydrogen-bond acceptors (Lipinski definition) is 6. The number of fused-ring (bicyclic) bond motifs is 8. The zero-order valence-corrected chi connectivity index (χ0v) is 30.6. The van der Waals surface area contributed by atoms with E-state index in [1.165, 1.54) is 10.3 Å². The van der Waals surface area contributed by atoms with E-state index < -0.39 is 0 Å². The van der Waals surface area contributed by atoms with Crippen molar-refractivity contribution in [2.75, 3.05) is 4.90 Å². The molecule has 5 nitrogen and oxygen atoms in total. The van der Waals surface area contributed by atoms with Crippen molar-refractivity contribution >= 4 is 59.5 Å². The monoisotopic (exact) mass is 735 g/mol. The van der Waals surface area contributed by atoms with Gasteiger partial charge in [0.1, 0.15) is 5.69 Å². The molecule has 262 valence electrons. The predicted octanol–water partition coefficient (Wildman–Crippen LogP) is 14.3. The number of hydrogen-bond donors (Lipinski definition) is 0. The standard InChI is InChI=1S/C50H29N3O2S/c1-2-11-30(12-3-1)33-15-10-16-36(25-33)46-49-47(38-17-6-9-20-45(38)56-49)52-50(51-46)32-23-21-31(22-24-32)37-28-43-48-44(29-37)55-42-27-35-14-5-4-13-34(35)26-40(42)53(48)39-18-7-8-19-41(39)54-43/h1-29H. The van der Waals surface area contributed by atoms with E-state index >= 15 is 0 Å².